The minimum absolute atomic E-state index is 0.197. The zero-order valence-electron chi connectivity index (χ0n) is 11.0. The fraction of sp³-hybridized carbons (Fsp3) is 0.333. The number of nitro groups is 1. The summed E-state index contributed by atoms with van der Waals surface area (Å²) in [7, 11) is -4.04. The number of terminal acetylenes is 1. The van der Waals surface area contributed by atoms with Crippen LogP contribution in [0.4, 0.5) is 5.69 Å². The number of rotatable bonds is 6. The third-order valence-electron chi connectivity index (χ3n) is 2.68. The van der Waals surface area contributed by atoms with Crippen molar-refractivity contribution in [3.05, 3.63) is 32.3 Å². The van der Waals surface area contributed by atoms with Crippen LogP contribution in [0.2, 0.25) is 10.0 Å². The van der Waals surface area contributed by atoms with Crippen LogP contribution < -0.4 is 4.72 Å². The van der Waals surface area contributed by atoms with Crippen molar-refractivity contribution in [3.63, 3.8) is 0 Å². The molecule has 0 aliphatic heterocycles. The highest BCUT2D eigenvalue weighted by Gasteiger charge is 2.28. The topological polar surface area (TPSA) is 89.3 Å². The van der Waals surface area contributed by atoms with E-state index in [-0.39, 0.29) is 11.4 Å². The molecule has 9 heteroatoms. The molecule has 21 heavy (non-hydrogen) atoms. The van der Waals surface area contributed by atoms with Crippen molar-refractivity contribution in [1.29, 1.82) is 0 Å². The zero-order valence-corrected chi connectivity index (χ0v) is 13.3. The smallest absolute Gasteiger partial charge is 0.258 e. The fourth-order valence-corrected chi connectivity index (χ4v) is 3.80. The monoisotopic (exact) mass is 350 g/mol. The lowest BCUT2D eigenvalue weighted by molar-refractivity contribution is -0.384. The van der Waals surface area contributed by atoms with E-state index in [1.807, 2.05) is 0 Å². The molecule has 0 radical (unpaired) electrons. The quantitative estimate of drug-likeness (QED) is 0.485. The van der Waals surface area contributed by atoms with Crippen LogP contribution in [0, 0.1) is 22.5 Å². The molecule has 6 nitrogen and oxygen atoms in total. The maximum absolute atomic E-state index is 12.3. The van der Waals surface area contributed by atoms with Gasteiger partial charge in [-0.3, -0.25) is 10.1 Å². The second-order valence-corrected chi connectivity index (χ2v) is 6.57. The molecule has 1 N–H and O–H groups in total. The van der Waals surface area contributed by atoms with Crippen LogP contribution in [-0.2, 0) is 10.0 Å². The van der Waals surface area contributed by atoms with Crippen molar-refractivity contribution >= 4 is 38.9 Å². The van der Waals surface area contributed by atoms with E-state index in [1.165, 1.54) is 0 Å². The van der Waals surface area contributed by atoms with E-state index >= 15 is 0 Å². The molecule has 1 atom stereocenters. The van der Waals surface area contributed by atoms with E-state index < -0.39 is 36.6 Å². The average Bonchev–Trinajstić information content (AvgIpc) is 2.37. The number of sulfonamides is 1. The van der Waals surface area contributed by atoms with Crippen molar-refractivity contribution in [1.82, 2.24) is 4.72 Å². The third-order valence-corrected chi connectivity index (χ3v) is 5.04. The maximum Gasteiger partial charge on any atom is 0.307 e. The molecule has 0 aliphatic carbocycles. The summed E-state index contributed by atoms with van der Waals surface area (Å²) in [5, 5.41) is 10.1. The number of nitrogens with zero attached hydrogens (tertiary/aromatic N) is 1. The Bertz CT molecular complexity index is 698. The summed E-state index contributed by atoms with van der Waals surface area (Å²) in [5.41, 5.74) is -0.647. The van der Waals surface area contributed by atoms with Gasteiger partial charge in [-0.2, -0.15) is 0 Å². The Hall–Kier alpha value is -1.33. The van der Waals surface area contributed by atoms with E-state index in [0.717, 1.165) is 12.1 Å². The van der Waals surface area contributed by atoms with Gasteiger partial charge in [0, 0.05) is 12.5 Å². The van der Waals surface area contributed by atoms with Gasteiger partial charge in [0.2, 0.25) is 10.0 Å². The highest BCUT2D eigenvalue weighted by Crippen LogP contribution is 2.37. The number of nitrogens with one attached hydrogen (secondary N) is 1. The minimum atomic E-state index is -4.04. The minimum Gasteiger partial charge on any atom is -0.258 e. The highest BCUT2D eigenvalue weighted by molar-refractivity contribution is 7.89. The number of nitro benzene ring substituents is 1. The molecular formula is C12H12Cl2N2O4S. The Kier molecular flexibility index (Phi) is 5.98. The lowest BCUT2D eigenvalue weighted by atomic mass is 10.2. The highest BCUT2D eigenvalue weighted by atomic mass is 35.5. The Balaban J connectivity index is 3.30. The van der Waals surface area contributed by atoms with Gasteiger partial charge in [0.25, 0.3) is 0 Å². The summed E-state index contributed by atoms with van der Waals surface area (Å²) in [6.45, 7) is 1.76. The predicted molar refractivity (Wildman–Crippen MR) is 81.0 cm³/mol. The molecule has 0 spiro atoms. The van der Waals surface area contributed by atoms with Gasteiger partial charge < -0.3 is 0 Å². The number of hydrogen-bond donors (Lipinski definition) is 1. The van der Waals surface area contributed by atoms with Crippen LogP contribution in [-0.4, -0.2) is 19.4 Å². The first-order valence-electron chi connectivity index (χ1n) is 5.82. The molecular weight excluding hydrogens is 339 g/mol. The summed E-state index contributed by atoms with van der Waals surface area (Å²) in [6.07, 6.45) is 5.82. The molecule has 114 valence electrons. The van der Waals surface area contributed by atoms with Gasteiger partial charge in [-0.05, 0) is 18.6 Å². The van der Waals surface area contributed by atoms with Gasteiger partial charge >= 0.3 is 5.69 Å². The summed E-state index contributed by atoms with van der Waals surface area (Å²) in [5.74, 6) is 2.36. The van der Waals surface area contributed by atoms with Gasteiger partial charge in [-0.25, -0.2) is 13.1 Å². The molecule has 1 rings (SSSR count). The van der Waals surface area contributed by atoms with Crippen LogP contribution in [0.1, 0.15) is 19.8 Å². The molecule has 1 aromatic rings. The largest absolute Gasteiger partial charge is 0.307 e. The number of halogens is 2. The van der Waals surface area contributed by atoms with E-state index in [0.29, 0.717) is 6.42 Å². The Morgan fingerprint density at radius 1 is 1.48 bits per heavy atom. The Labute approximate surface area is 132 Å². The fourth-order valence-electron chi connectivity index (χ4n) is 1.59. The van der Waals surface area contributed by atoms with Gasteiger partial charge in [0.15, 0.2) is 0 Å². The second kappa shape index (κ2) is 7.09. The van der Waals surface area contributed by atoms with Crippen LogP contribution >= 0.6 is 23.2 Å². The van der Waals surface area contributed by atoms with Gasteiger partial charge in [0.1, 0.15) is 14.9 Å². The van der Waals surface area contributed by atoms with E-state index in [9.17, 15) is 18.5 Å². The summed E-state index contributed by atoms with van der Waals surface area (Å²) in [6, 6.07) is 1.75. The van der Waals surface area contributed by atoms with Crippen molar-refractivity contribution in [2.24, 2.45) is 0 Å². The maximum atomic E-state index is 12.3. The predicted octanol–water partition coefficient (Wildman–Crippen LogP) is 2.98. The van der Waals surface area contributed by atoms with E-state index in [1.54, 1.807) is 6.92 Å². The Morgan fingerprint density at radius 2 is 2.10 bits per heavy atom. The number of benzene rings is 1. The molecule has 0 saturated carbocycles. The first-order valence-corrected chi connectivity index (χ1v) is 8.06. The molecule has 0 amide bonds. The van der Waals surface area contributed by atoms with E-state index in [2.05, 4.69) is 10.6 Å². The molecule has 1 unspecified atom stereocenters. The second-order valence-electron chi connectivity index (χ2n) is 4.10. The number of hydrogen-bond acceptors (Lipinski definition) is 4. The van der Waals surface area contributed by atoms with Crippen molar-refractivity contribution in [3.8, 4) is 12.3 Å². The van der Waals surface area contributed by atoms with Crippen LogP contribution in [0.3, 0.4) is 0 Å². The standard InChI is InChI=1S/C12H12Cl2N2O4S/c1-3-5-8(4-2)15-21(19,20)10-7-6-9(13)12(11(10)14)16(17)18/h1,6-8,15H,4-5H2,2H3. The van der Waals surface area contributed by atoms with Crippen LogP contribution in [0.15, 0.2) is 17.0 Å². The van der Waals surface area contributed by atoms with Crippen molar-refractivity contribution in [2.75, 3.05) is 0 Å². The van der Waals surface area contributed by atoms with Crippen LogP contribution in [0.25, 0.3) is 0 Å². The molecule has 0 saturated heterocycles. The van der Waals surface area contributed by atoms with Crippen molar-refractivity contribution < 1.29 is 13.3 Å². The SMILES string of the molecule is C#CCC(CC)NS(=O)(=O)c1ccc(Cl)c([N+](=O)[O-])c1Cl. The molecule has 1 aromatic carbocycles. The van der Waals surface area contributed by atoms with Gasteiger partial charge in [-0.1, -0.05) is 30.1 Å². The Morgan fingerprint density at radius 3 is 2.57 bits per heavy atom. The first-order chi connectivity index (χ1) is 9.74. The lowest BCUT2D eigenvalue weighted by Crippen LogP contribution is -2.34. The molecule has 0 fully saturated rings. The zero-order chi connectivity index (χ0) is 16.2. The first kappa shape index (κ1) is 17.7. The molecule has 0 aliphatic rings. The summed E-state index contributed by atoms with van der Waals surface area (Å²) < 4.78 is 26.9. The van der Waals surface area contributed by atoms with Gasteiger partial charge in [-0.15, -0.1) is 12.3 Å². The molecule has 0 heterocycles. The van der Waals surface area contributed by atoms with Crippen LogP contribution in [0.5, 0.6) is 0 Å². The summed E-state index contributed by atoms with van der Waals surface area (Å²) in [4.78, 5) is 9.66. The normalized spacial score (nSPS) is 12.7. The summed E-state index contributed by atoms with van der Waals surface area (Å²) >= 11 is 11.5. The molecule has 0 bridgehead atoms. The van der Waals surface area contributed by atoms with Crippen molar-refractivity contribution in [2.45, 2.75) is 30.7 Å². The van der Waals surface area contributed by atoms with E-state index in [4.69, 9.17) is 29.6 Å². The van der Waals surface area contributed by atoms with Gasteiger partial charge in [0.05, 0.1) is 4.92 Å². The molecule has 0 aromatic heterocycles. The average molecular weight is 351 g/mol. The lowest BCUT2D eigenvalue weighted by Gasteiger charge is -2.15. The third kappa shape index (κ3) is 4.08.